The minimum atomic E-state index is -0.513. The van der Waals surface area contributed by atoms with Gasteiger partial charge in [-0.25, -0.2) is 9.18 Å². The molecule has 0 saturated carbocycles. The average molecular weight is 442 g/mol. The maximum Gasteiger partial charge on any atom is 0.410 e. The molecule has 1 aromatic carbocycles. The lowest BCUT2D eigenvalue weighted by molar-refractivity contribution is 0.0137. The molecule has 2 aromatic rings. The van der Waals surface area contributed by atoms with Gasteiger partial charge >= 0.3 is 6.09 Å². The number of halogens is 1. The standard InChI is InChI=1S/C23H28FN5O3/c1-23(2,3)32-22(30)28-9-10-29-17(15-28)13-27-21(29)26-12-16-6-7-20(19(24)11-16)31-18-5-4-8-25-14-18/h4-8,11,14,17H,9-10,12-13,15H2,1-3H3,(H,26,27). The van der Waals surface area contributed by atoms with E-state index >= 15 is 0 Å². The quantitative estimate of drug-likeness (QED) is 0.784. The monoisotopic (exact) mass is 441 g/mol. The van der Waals surface area contributed by atoms with E-state index in [0.717, 1.165) is 11.5 Å². The van der Waals surface area contributed by atoms with Crippen LogP contribution in [0.3, 0.4) is 0 Å². The molecule has 9 heteroatoms. The molecule has 170 valence electrons. The Kier molecular flexibility index (Phi) is 6.16. The molecule has 2 aliphatic rings. The average Bonchev–Trinajstić information content (AvgIpc) is 3.16. The molecule has 0 spiro atoms. The molecular formula is C23H28FN5O3. The lowest BCUT2D eigenvalue weighted by Crippen LogP contribution is -2.57. The van der Waals surface area contributed by atoms with Gasteiger partial charge in [0.05, 0.1) is 18.8 Å². The molecule has 2 aliphatic heterocycles. The van der Waals surface area contributed by atoms with Gasteiger partial charge in [-0.2, -0.15) is 0 Å². The number of aromatic nitrogens is 1. The molecule has 1 fully saturated rings. The number of nitrogens with one attached hydrogen (secondary N) is 1. The normalized spacial score (nSPS) is 18.1. The lowest BCUT2D eigenvalue weighted by Gasteiger charge is -2.39. The highest BCUT2D eigenvalue weighted by Gasteiger charge is 2.36. The molecule has 4 rings (SSSR count). The molecule has 0 radical (unpaired) electrons. The smallest absolute Gasteiger partial charge is 0.410 e. The first-order valence-electron chi connectivity index (χ1n) is 10.7. The van der Waals surface area contributed by atoms with Crippen molar-refractivity contribution in [2.75, 3.05) is 26.2 Å². The third-order valence-electron chi connectivity index (χ3n) is 5.17. The first-order valence-corrected chi connectivity index (χ1v) is 10.7. The number of benzene rings is 1. The Morgan fingerprint density at radius 1 is 1.28 bits per heavy atom. The van der Waals surface area contributed by atoms with E-state index in [4.69, 9.17) is 9.47 Å². The summed E-state index contributed by atoms with van der Waals surface area (Å²) in [6.07, 6.45) is 2.88. The molecule has 1 aromatic heterocycles. The third kappa shape index (κ3) is 5.27. The summed E-state index contributed by atoms with van der Waals surface area (Å²) in [6, 6.07) is 8.44. The van der Waals surface area contributed by atoms with E-state index in [2.05, 4.69) is 20.2 Å². The van der Waals surface area contributed by atoms with Crippen LogP contribution in [0.2, 0.25) is 0 Å². The Balaban J connectivity index is 1.30. The zero-order valence-electron chi connectivity index (χ0n) is 18.5. The van der Waals surface area contributed by atoms with E-state index in [0.29, 0.717) is 38.5 Å². The molecular weight excluding hydrogens is 413 g/mol. The molecule has 0 aliphatic carbocycles. The van der Waals surface area contributed by atoms with Gasteiger partial charge in [-0.3, -0.25) is 9.98 Å². The summed E-state index contributed by atoms with van der Waals surface area (Å²) in [5, 5.41) is 3.30. The number of piperazine rings is 1. The summed E-state index contributed by atoms with van der Waals surface area (Å²) < 4.78 is 25.5. The number of fused-ring (bicyclic) bond motifs is 1. The predicted molar refractivity (Wildman–Crippen MR) is 118 cm³/mol. The van der Waals surface area contributed by atoms with E-state index in [1.54, 1.807) is 29.3 Å². The van der Waals surface area contributed by atoms with Crippen LogP contribution in [0.4, 0.5) is 9.18 Å². The second-order valence-electron chi connectivity index (χ2n) is 8.85. The second kappa shape index (κ2) is 9.02. The number of guanidine groups is 1. The topological polar surface area (TPSA) is 79.3 Å². The van der Waals surface area contributed by atoms with E-state index < -0.39 is 11.4 Å². The van der Waals surface area contributed by atoms with Crippen LogP contribution in [0.15, 0.2) is 47.7 Å². The van der Waals surface area contributed by atoms with Gasteiger partial charge in [-0.05, 0) is 50.6 Å². The lowest BCUT2D eigenvalue weighted by atomic mass is 10.2. The van der Waals surface area contributed by atoms with Crippen molar-refractivity contribution >= 4 is 12.1 Å². The van der Waals surface area contributed by atoms with Gasteiger partial charge in [0.1, 0.15) is 11.4 Å². The van der Waals surface area contributed by atoms with Crippen molar-refractivity contribution in [2.45, 2.75) is 39.0 Å². The van der Waals surface area contributed by atoms with Crippen molar-refractivity contribution in [3.8, 4) is 11.5 Å². The van der Waals surface area contributed by atoms with Gasteiger partial charge in [0, 0.05) is 32.4 Å². The Morgan fingerprint density at radius 3 is 2.84 bits per heavy atom. The van der Waals surface area contributed by atoms with Crippen LogP contribution in [0.1, 0.15) is 26.3 Å². The van der Waals surface area contributed by atoms with Crippen LogP contribution >= 0.6 is 0 Å². The van der Waals surface area contributed by atoms with E-state index in [9.17, 15) is 9.18 Å². The summed E-state index contributed by atoms with van der Waals surface area (Å²) in [6.45, 7) is 8.43. The van der Waals surface area contributed by atoms with Crippen LogP contribution < -0.4 is 10.1 Å². The Labute approximate surface area is 187 Å². The molecule has 1 saturated heterocycles. The van der Waals surface area contributed by atoms with Crippen molar-refractivity contribution in [3.05, 3.63) is 54.1 Å². The van der Waals surface area contributed by atoms with Gasteiger partial charge in [-0.1, -0.05) is 6.07 Å². The SMILES string of the molecule is CC(C)(C)OC(=O)N1CCN2C(NCc3ccc(Oc4cccnc4)c(F)c3)=NCC2C1. The molecule has 0 bridgehead atoms. The number of ether oxygens (including phenoxy) is 2. The number of hydrogen-bond acceptors (Lipinski definition) is 7. The summed E-state index contributed by atoms with van der Waals surface area (Å²) in [7, 11) is 0. The van der Waals surface area contributed by atoms with E-state index in [-0.39, 0.29) is 17.9 Å². The van der Waals surface area contributed by atoms with Crippen LogP contribution in [0.25, 0.3) is 0 Å². The van der Waals surface area contributed by atoms with Gasteiger partial charge < -0.3 is 24.6 Å². The van der Waals surface area contributed by atoms with Crippen LogP contribution in [-0.2, 0) is 11.3 Å². The zero-order valence-corrected chi connectivity index (χ0v) is 18.5. The minimum Gasteiger partial charge on any atom is -0.453 e. The molecule has 1 unspecified atom stereocenters. The summed E-state index contributed by atoms with van der Waals surface area (Å²) in [4.78, 5) is 24.8. The first kappa shape index (κ1) is 21.9. The minimum absolute atomic E-state index is 0.116. The maximum absolute atomic E-state index is 14.5. The largest absolute Gasteiger partial charge is 0.453 e. The number of amides is 1. The second-order valence-corrected chi connectivity index (χ2v) is 8.85. The van der Waals surface area contributed by atoms with Gasteiger partial charge in [-0.15, -0.1) is 0 Å². The Morgan fingerprint density at radius 2 is 2.12 bits per heavy atom. The summed E-state index contributed by atoms with van der Waals surface area (Å²) >= 11 is 0. The van der Waals surface area contributed by atoms with Crippen molar-refractivity contribution in [1.29, 1.82) is 0 Å². The van der Waals surface area contributed by atoms with Crippen LogP contribution in [-0.4, -0.2) is 64.7 Å². The molecule has 1 N–H and O–H groups in total. The van der Waals surface area contributed by atoms with Crippen molar-refractivity contribution in [3.63, 3.8) is 0 Å². The van der Waals surface area contributed by atoms with Crippen molar-refractivity contribution in [1.82, 2.24) is 20.1 Å². The highest BCUT2D eigenvalue weighted by molar-refractivity contribution is 5.82. The number of carbonyl (C=O) groups is 1. The molecule has 1 amide bonds. The highest BCUT2D eigenvalue weighted by atomic mass is 19.1. The molecule has 32 heavy (non-hydrogen) atoms. The summed E-state index contributed by atoms with van der Waals surface area (Å²) in [5.41, 5.74) is 0.264. The van der Waals surface area contributed by atoms with E-state index in [1.807, 2.05) is 26.8 Å². The molecule has 3 heterocycles. The first-order chi connectivity index (χ1) is 15.3. The molecule has 1 atom stereocenters. The number of pyridine rings is 1. The highest BCUT2D eigenvalue weighted by Crippen LogP contribution is 2.25. The van der Waals surface area contributed by atoms with Gasteiger partial charge in [0.2, 0.25) is 0 Å². The molecule has 8 nitrogen and oxygen atoms in total. The fourth-order valence-corrected chi connectivity index (χ4v) is 3.68. The van der Waals surface area contributed by atoms with Gasteiger partial charge in [0.15, 0.2) is 17.5 Å². The Hall–Kier alpha value is -3.36. The fraction of sp³-hybridized carbons (Fsp3) is 0.435. The third-order valence-corrected chi connectivity index (χ3v) is 5.17. The van der Waals surface area contributed by atoms with E-state index in [1.165, 1.54) is 12.3 Å². The Bertz CT molecular complexity index is 993. The van der Waals surface area contributed by atoms with Crippen molar-refractivity contribution < 1.29 is 18.7 Å². The number of carbonyl (C=O) groups excluding carboxylic acids is 1. The van der Waals surface area contributed by atoms with Gasteiger partial charge in [0.25, 0.3) is 0 Å². The predicted octanol–water partition coefficient (Wildman–Crippen LogP) is 3.39. The number of rotatable bonds is 4. The zero-order chi connectivity index (χ0) is 22.7. The number of hydrogen-bond donors (Lipinski definition) is 1. The number of aliphatic imine (C=N–C) groups is 1. The summed E-state index contributed by atoms with van der Waals surface area (Å²) in [5.74, 6) is 0.965. The van der Waals surface area contributed by atoms with Crippen LogP contribution in [0.5, 0.6) is 11.5 Å². The van der Waals surface area contributed by atoms with Crippen LogP contribution in [0, 0.1) is 5.82 Å². The van der Waals surface area contributed by atoms with Crippen molar-refractivity contribution in [2.24, 2.45) is 4.99 Å². The fourth-order valence-electron chi connectivity index (χ4n) is 3.68. The number of nitrogens with zero attached hydrogens (tertiary/aromatic N) is 4. The maximum atomic E-state index is 14.5.